The van der Waals surface area contributed by atoms with Crippen molar-refractivity contribution in [3.8, 4) is 0 Å². The summed E-state index contributed by atoms with van der Waals surface area (Å²) in [5.41, 5.74) is 0.551. The van der Waals surface area contributed by atoms with Gasteiger partial charge in [0, 0.05) is 26.3 Å². The third-order valence-electron chi connectivity index (χ3n) is 4.10. The average Bonchev–Trinajstić information content (AvgIpc) is 2.45. The van der Waals surface area contributed by atoms with Crippen LogP contribution in [0.3, 0.4) is 0 Å². The molecule has 1 saturated carbocycles. The normalized spacial score (nSPS) is 22.4. The number of nitrogens with zero attached hydrogens (tertiary/aromatic N) is 2. The van der Waals surface area contributed by atoms with E-state index in [1.165, 1.54) is 12.8 Å². The van der Waals surface area contributed by atoms with Crippen LogP contribution in [0.25, 0.3) is 0 Å². The first-order valence-electron chi connectivity index (χ1n) is 7.13. The summed E-state index contributed by atoms with van der Waals surface area (Å²) in [5, 5.41) is 3.37. The van der Waals surface area contributed by atoms with Gasteiger partial charge in [-0.15, -0.1) is 0 Å². The zero-order valence-electron chi connectivity index (χ0n) is 12.3. The van der Waals surface area contributed by atoms with Crippen LogP contribution in [-0.4, -0.2) is 35.9 Å². The summed E-state index contributed by atoms with van der Waals surface area (Å²) in [6.07, 6.45) is 6.22. The Morgan fingerprint density at radius 1 is 1.50 bits per heavy atom. The number of pyridine rings is 1. The minimum Gasteiger partial charge on any atom is -0.372 e. The zero-order valence-corrected chi connectivity index (χ0v) is 13.1. The quantitative estimate of drug-likeness (QED) is 0.929. The number of nitrogens with one attached hydrogen (secondary N) is 1. The van der Waals surface area contributed by atoms with Crippen LogP contribution in [0.2, 0.25) is 5.02 Å². The maximum atomic E-state index is 12.5. The second-order valence-corrected chi connectivity index (χ2v) is 6.05. The van der Waals surface area contributed by atoms with Crippen molar-refractivity contribution < 1.29 is 4.79 Å². The molecule has 2 unspecified atom stereocenters. The lowest BCUT2D eigenvalue weighted by atomic mass is 9.86. The highest BCUT2D eigenvalue weighted by Crippen LogP contribution is 2.28. The Hall–Kier alpha value is -1.29. The van der Waals surface area contributed by atoms with E-state index in [1.807, 2.05) is 11.9 Å². The molecule has 110 valence electrons. The van der Waals surface area contributed by atoms with Crippen molar-refractivity contribution in [2.75, 3.05) is 19.4 Å². The van der Waals surface area contributed by atoms with E-state index in [1.54, 1.807) is 19.3 Å². The molecular weight excluding hydrogens is 274 g/mol. The molecule has 0 aromatic carbocycles. The Labute approximate surface area is 125 Å². The monoisotopic (exact) mass is 295 g/mol. The minimum absolute atomic E-state index is 0.00107. The van der Waals surface area contributed by atoms with Gasteiger partial charge in [-0.1, -0.05) is 31.4 Å². The Morgan fingerprint density at radius 3 is 2.85 bits per heavy atom. The van der Waals surface area contributed by atoms with Gasteiger partial charge >= 0.3 is 0 Å². The fraction of sp³-hybridized carbons (Fsp3) is 0.600. The van der Waals surface area contributed by atoms with Crippen molar-refractivity contribution in [2.24, 2.45) is 5.92 Å². The summed E-state index contributed by atoms with van der Waals surface area (Å²) in [4.78, 5) is 18.5. The molecule has 0 spiro atoms. The molecule has 1 aromatic heterocycles. The average molecular weight is 296 g/mol. The smallest absolute Gasteiger partial charge is 0.255 e. The standard InChI is InChI=1S/C15H22ClN3O/c1-10-5-4-6-12(7-10)19(3)15(20)11-8-13(16)14(17-2)18-9-11/h8-10,12H,4-7H2,1-3H3,(H,17,18). The highest BCUT2D eigenvalue weighted by atomic mass is 35.5. The molecule has 0 saturated heterocycles. The SMILES string of the molecule is CNc1ncc(C(=O)N(C)C2CCCC(C)C2)cc1Cl. The molecule has 5 heteroatoms. The van der Waals surface area contributed by atoms with Crippen LogP contribution in [0.1, 0.15) is 43.0 Å². The van der Waals surface area contributed by atoms with Gasteiger partial charge in [0.05, 0.1) is 10.6 Å². The molecule has 1 aliphatic carbocycles. The minimum atomic E-state index is 0.00107. The van der Waals surface area contributed by atoms with Crippen molar-refractivity contribution >= 4 is 23.3 Å². The molecule has 2 rings (SSSR count). The maximum Gasteiger partial charge on any atom is 0.255 e. The molecule has 2 atom stereocenters. The number of hydrogen-bond donors (Lipinski definition) is 1. The summed E-state index contributed by atoms with van der Waals surface area (Å²) in [7, 11) is 3.64. The van der Waals surface area contributed by atoms with Gasteiger partial charge in [-0.25, -0.2) is 4.98 Å². The Kier molecular flexibility index (Phi) is 4.86. The first-order chi connectivity index (χ1) is 9.52. The van der Waals surface area contributed by atoms with Crippen LogP contribution in [0.15, 0.2) is 12.3 Å². The van der Waals surface area contributed by atoms with E-state index in [9.17, 15) is 4.79 Å². The van der Waals surface area contributed by atoms with Gasteiger partial charge < -0.3 is 10.2 Å². The van der Waals surface area contributed by atoms with Crippen LogP contribution in [0, 0.1) is 5.92 Å². The van der Waals surface area contributed by atoms with E-state index in [-0.39, 0.29) is 5.91 Å². The third kappa shape index (κ3) is 3.23. The number of aromatic nitrogens is 1. The summed E-state index contributed by atoms with van der Waals surface area (Å²) >= 11 is 6.09. The molecule has 0 bridgehead atoms. The number of rotatable bonds is 3. The van der Waals surface area contributed by atoms with Gasteiger partial charge in [-0.2, -0.15) is 0 Å². The molecule has 1 aliphatic rings. The van der Waals surface area contributed by atoms with Crippen LogP contribution >= 0.6 is 11.6 Å². The zero-order chi connectivity index (χ0) is 14.7. The second-order valence-electron chi connectivity index (χ2n) is 5.65. The number of amides is 1. The highest BCUT2D eigenvalue weighted by Gasteiger charge is 2.26. The lowest BCUT2D eigenvalue weighted by Gasteiger charge is -2.34. The van der Waals surface area contributed by atoms with Crippen LogP contribution in [0.4, 0.5) is 5.82 Å². The molecule has 0 aliphatic heterocycles. The molecule has 1 N–H and O–H groups in total. The molecule has 4 nitrogen and oxygen atoms in total. The predicted molar refractivity (Wildman–Crippen MR) is 82.3 cm³/mol. The van der Waals surface area contributed by atoms with E-state index in [0.29, 0.717) is 28.4 Å². The first kappa shape index (κ1) is 15.1. The molecule has 1 heterocycles. The van der Waals surface area contributed by atoms with Crippen LogP contribution in [0.5, 0.6) is 0 Å². The number of carbonyl (C=O) groups excluding carboxylic acids is 1. The van der Waals surface area contributed by atoms with E-state index < -0.39 is 0 Å². The van der Waals surface area contributed by atoms with Crippen molar-refractivity contribution in [1.82, 2.24) is 9.88 Å². The Balaban J connectivity index is 2.11. The highest BCUT2D eigenvalue weighted by molar-refractivity contribution is 6.33. The number of anilines is 1. The molecule has 1 fully saturated rings. The van der Waals surface area contributed by atoms with E-state index >= 15 is 0 Å². The van der Waals surface area contributed by atoms with Gasteiger partial charge in [0.1, 0.15) is 5.82 Å². The summed E-state index contributed by atoms with van der Waals surface area (Å²) < 4.78 is 0. The summed E-state index contributed by atoms with van der Waals surface area (Å²) in [6.45, 7) is 2.25. The van der Waals surface area contributed by atoms with Gasteiger partial charge in [0.2, 0.25) is 0 Å². The van der Waals surface area contributed by atoms with E-state index in [2.05, 4.69) is 17.2 Å². The van der Waals surface area contributed by atoms with Crippen molar-refractivity contribution in [1.29, 1.82) is 0 Å². The van der Waals surface area contributed by atoms with Crippen molar-refractivity contribution in [2.45, 2.75) is 38.6 Å². The first-order valence-corrected chi connectivity index (χ1v) is 7.51. The third-order valence-corrected chi connectivity index (χ3v) is 4.39. The van der Waals surface area contributed by atoms with Gasteiger partial charge in [-0.3, -0.25) is 4.79 Å². The topological polar surface area (TPSA) is 45.2 Å². The van der Waals surface area contributed by atoms with Gasteiger partial charge in [-0.05, 0) is 24.8 Å². The Morgan fingerprint density at radius 2 is 2.25 bits per heavy atom. The molecule has 0 radical (unpaired) electrons. The van der Waals surface area contributed by atoms with Crippen molar-refractivity contribution in [3.05, 3.63) is 22.8 Å². The van der Waals surface area contributed by atoms with Gasteiger partial charge in [0.15, 0.2) is 0 Å². The largest absolute Gasteiger partial charge is 0.372 e. The van der Waals surface area contributed by atoms with Gasteiger partial charge in [0.25, 0.3) is 5.91 Å². The lowest BCUT2D eigenvalue weighted by Crippen LogP contribution is -2.39. The molecule has 1 aromatic rings. The fourth-order valence-electron chi connectivity index (χ4n) is 2.86. The predicted octanol–water partition coefficient (Wildman–Crippen LogP) is 3.43. The molecular formula is C15H22ClN3O. The fourth-order valence-corrected chi connectivity index (χ4v) is 3.12. The maximum absolute atomic E-state index is 12.5. The van der Waals surface area contributed by atoms with Crippen LogP contribution in [-0.2, 0) is 0 Å². The lowest BCUT2D eigenvalue weighted by molar-refractivity contribution is 0.0672. The number of halogens is 1. The Bertz CT molecular complexity index is 492. The van der Waals surface area contributed by atoms with Crippen molar-refractivity contribution in [3.63, 3.8) is 0 Å². The molecule has 1 amide bonds. The number of hydrogen-bond acceptors (Lipinski definition) is 3. The van der Waals surface area contributed by atoms with E-state index in [0.717, 1.165) is 12.8 Å². The number of carbonyl (C=O) groups is 1. The molecule has 20 heavy (non-hydrogen) atoms. The summed E-state index contributed by atoms with van der Waals surface area (Å²) in [6, 6.07) is 2.01. The van der Waals surface area contributed by atoms with E-state index in [4.69, 9.17) is 11.6 Å². The second kappa shape index (κ2) is 6.44. The summed E-state index contributed by atoms with van der Waals surface area (Å²) in [5.74, 6) is 1.29. The van der Waals surface area contributed by atoms with Crippen LogP contribution < -0.4 is 5.32 Å².